The fourth-order valence-electron chi connectivity index (χ4n) is 2.35. The van der Waals surface area contributed by atoms with Crippen LogP contribution in [0.3, 0.4) is 0 Å². The highest BCUT2D eigenvalue weighted by Crippen LogP contribution is 2.08. The predicted octanol–water partition coefficient (Wildman–Crippen LogP) is 1.74. The van der Waals surface area contributed by atoms with E-state index in [2.05, 4.69) is 15.6 Å². The van der Waals surface area contributed by atoms with Crippen molar-refractivity contribution in [2.45, 2.75) is 12.5 Å². The van der Waals surface area contributed by atoms with Gasteiger partial charge in [-0.15, -0.1) is 5.10 Å². The van der Waals surface area contributed by atoms with Gasteiger partial charge in [0.25, 0.3) is 5.91 Å². The second kappa shape index (κ2) is 7.67. The third kappa shape index (κ3) is 4.48. The van der Waals surface area contributed by atoms with Crippen molar-refractivity contribution < 1.29 is 14.3 Å². The first-order valence-corrected chi connectivity index (χ1v) is 7.80. The van der Waals surface area contributed by atoms with E-state index in [-0.39, 0.29) is 18.1 Å². The number of aliphatic hydroxyl groups is 1. The lowest BCUT2D eigenvalue weighted by atomic mass is 10.1. The summed E-state index contributed by atoms with van der Waals surface area (Å²) in [6.07, 6.45) is 1.20. The SMILES string of the molecule is O=C(NCC(O)Cc1ccccc1)c1cn(-c2ccc(F)cc2)nn1. The first-order chi connectivity index (χ1) is 12.1. The number of nitrogens with one attached hydrogen (secondary N) is 1. The minimum atomic E-state index is -0.696. The molecule has 1 amide bonds. The van der Waals surface area contributed by atoms with Crippen LogP contribution in [0.1, 0.15) is 16.1 Å². The molecule has 0 fully saturated rings. The Morgan fingerprint density at radius 3 is 2.60 bits per heavy atom. The van der Waals surface area contributed by atoms with Gasteiger partial charge in [0.15, 0.2) is 5.69 Å². The average molecular weight is 340 g/mol. The number of halogens is 1. The highest BCUT2D eigenvalue weighted by molar-refractivity contribution is 5.91. The van der Waals surface area contributed by atoms with Crippen molar-refractivity contribution in [2.75, 3.05) is 6.54 Å². The normalized spacial score (nSPS) is 11.9. The van der Waals surface area contributed by atoms with Crippen molar-refractivity contribution in [3.05, 3.63) is 77.9 Å². The lowest BCUT2D eigenvalue weighted by Gasteiger charge is -2.11. The molecule has 2 N–H and O–H groups in total. The second-order valence-corrected chi connectivity index (χ2v) is 5.58. The average Bonchev–Trinajstić information content (AvgIpc) is 3.11. The maximum Gasteiger partial charge on any atom is 0.273 e. The van der Waals surface area contributed by atoms with Crippen LogP contribution in [0.5, 0.6) is 0 Å². The largest absolute Gasteiger partial charge is 0.391 e. The van der Waals surface area contributed by atoms with Gasteiger partial charge in [0.1, 0.15) is 5.82 Å². The fraction of sp³-hybridized carbons (Fsp3) is 0.167. The Morgan fingerprint density at radius 1 is 1.16 bits per heavy atom. The van der Waals surface area contributed by atoms with Gasteiger partial charge < -0.3 is 10.4 Å². The van der Waals surface area contributed by atoms with Crippen molar-refractivity contribution in [3.63, 3.8) is 0 Å². The molecule has 0 bridgehead atoms. The van der Waals surface area contributed by atoms with E-state index in [1.807, 2.05) is 30.3 Å². The van der Waals surface area contributed by atoms with Crippen LogP contribution in [0.2, 0.25) is 0 Å². The lowest BCUT2D eigenvalue weighted by Crippen LogP contribution is -2.33. The van der Waals surface area contributed by atoms with E-state index >= 15 is 0 Å². The molecule has 128 valence electrons. The Labute approximate surface area is 143 Å². The van der Waals surface area contributed by atoms with Crippen LogP contribution in [-0.2, 0) is 6.42 Å². The summed E-state index contributed by atoms with van der Waals surface area (Å²) in [4.78, 5) is 12.1. The number of carbonyl (C=O) groups excluding carboxylic acids is 1. The summed E-state index contributed by atoms with van der Waals surface area (Å²) in [6.45, 7) is 0.108. The molecule has 0 saturated heterocycles. The number of benzene rings is 2. The minimum Gasteiger partial charge on any atom is -0.391 e. The molecular weight excluding hydrogens is 323 g/mol. The van der Waals surface area contributed by atoms with E-state index in [0.29, 0.717) is 12.1 Å². The Morgan fingerprint density at radius 2 is 1.88 bits per heavy atom. The number of aliphatic hydroxyl groups excluding tert-OH is 1. The molecular formula is C18H17FN4O2. The van der Waals surface area contributed by atoms with Gasteiger partial charge in [0.05, 0.1) is 18.0 Å². The lowest BCUT2D eigenvalue weighted by molar-refractivity contribution is 0.0911. The van der Waals surface area contributed by atoms with Gasteiger partial charge in [-0.3, -0.25) is 4.79 Å². The molecule has 3 aromatic rings. The Kier molecular flexibility index (Phi) is 5.15. The van der Waals surface area contributed by atoms with E-state index in [1.165, 1.54) is 35.1 Å². The maximum absolute atomic E-state index is 12.9. The Bertz CT molecular complexity index is 834. The summed E-state index contributed by atoms with van der Waals surface area (Å²) < 4.78 is 14.3. The van der Waals surface area contributed by atoms with Gasteiger partial charge >= 0.3 is 0 Å². The van der Waals surface area contributed by atoms with Crippen LogP contribution in [0.25, 0.3) is 5.69 Å². The Hall–Kier alpha value is -3.06. The molecule has 0 saturated carbocycles. The van der Waals surface area contributed by atoms with Crippen LogP contribution >= 0.6 is 0 Å². The zero-order valence-corrected chi connectivity index (χ0v) is 13.3. The van der Waals surface area contributed by atoms with Crippen molar-refractivity contribution in [2.24, 2.45) is 0 Å². The summed E-state index contributed by atoms with van der Waals surface area (Å²) in [6, 6.07) is 15.2. The third-order valence-corrected chi connectivity index (χ3v) is 3.63. The van der Waals surface area contributed by atoms with Gasteiger partial charge in [-0.2, -0.15) is 0 Å². The second-order valence-electron chi connectivity index (χ2n) is 5.58. The van der Waals surface area contributed by atoms with Crippen molar-refractivity contribution in [3.8, 4) is 5.69 Å². The van der Waals surface area contributed by atoms with E-state index < -0.39 is 12.0 Å². The molecule has 0 aliphatic heterocycles. The van der Waals surface area contributed by atoms with Crippen molar-refractivity contribution in [1.82, 2.24) is 20.3 Å². The highest BCUT2D eigenvalue weighted by Gasteiger charge is 2.13. The number of rotatable bonds is 6. The monoisotopic (exact) mass is 340 g/mol. The van der Waals surface area contributed by atoms with E-state index in [9.17, 15) is 14.3 Å². The summed E-state index contributed by atoms with van der Waals surface area (Å²) in [5.41, 5.74) is 1.71. The molecule has 3 rings (SSSR count). The molecule has 1 aromatic heterocycles. The first-order valence-electron chi connectivity index (χ1n) is 7.80. The zero-order valence-electron chi connectivity index (χ0n) is 13.3. The molecule has 0 radical (unpaired) electrons. The van der Waals surface area contributed by atoms with E-state index in [4.69, 9.17) is 0 Å². The number of amides is 1. The summed E-state index contributed by atoms with van der Waals surface area (Å²) >= 11 is 0. The molecule has 1 atom stereocenters. The molecule has 0 spiro atoms. The fourth-order valence-corrected chi connectivity index (χ4v) is 2.35. The van der Waals surface area contributed by atoms with E-state index in [0.717, 1.165) is 5.56 Å². The molecule has 1 heterocycles. The maximum atomic E-state index is 12.9. The number of carbonyl (C=O) groups is 1. The van der Waals surface area contributed by atoms with Gasteiger partial charge in [-0.05, 0) is 29.8 Å². The van der Waals surface area contributed by atoms with Gasteiger partial charge in [-0.1, -0.05) is 35.5 Å². The highest BCUT2D eigenvalue weighted by atomic mass is 19.1. The minimum absolute atomic E-state index is 0.108. The molecule has 6 nitrogen and oxygen atoms in total. The number of nitrogens with zero attached hydrogens (tertiary/aromatic N) is 3. The van der Waals surface area contributed by atoms with Crippen LogP contribution in [0.15, 0.2) is 60.8 Å². The number of hydrogen-bond acceptors (Lipinski definition) is 4. The summed E-state index contributed by atoms with van der Waals surface area (Å²) in [5, 5.41) is 20.3. The Balaban J connectivity index is 1.56. The molecule has 7 heteroatoms. The summed E-state index contributed by atoms with van der Waals surface area (Å²) in [5.74, 6) is -0.783. The van der Waals surface area contributed by atoms with Gasteiger partial charge in [-0.25, -0.2) is 9.07 Å². The number of hydrogen-bond donors (Lipinski definition) is 2. The van der Waals surface area contributed by atoms with Crippen LogP contribution in [-0.4, -0.2) is 38.7 Å². The molecule has 25 heavy (non-hydrogen) atoms. The predicted molar refractivity (Wildman–Crippen MR) is 89.8 cm³/mol. The zero-order chi connectivity index (χ0) is 17.6. The molecule has 0 aliphatic carbocycles. The smallest absolute Gasteiger partial charge is 0.273 e. The standard InChI is InChI=1S/C18H17FN4O2/c19-14-6-8-15(9-7-14)23-12-17(21-22-23)18(25)20-11-16(24)10-13-4-2-1-3-5-13/h1-9,12,16,24H,10-11H2,(H,20,25). The van der Waals surface area contributed by atoms with Crippen molar-refractivity contribution in [1.29, 1.82) is 0 Å². The van der Waals surface area contributed by atoms with Crippen LogP contribution in [0, 0.1) is 5.82 Å². The molecule has 0 aliphatic rings. The van der Waals surface area contributed by atoms with Gasteiger partial charge in [0.2, 0.25) is 0 Å². The first kappa shape index (κ1) is 16.8. The van der Waals surface area contributed by atoms with Crippen LogP contribution < -0.4 is 5.32 Å². The topological polar surface area (TPSA) is 80.0 Å². The van der Waals surface area contributed by atoms with Crippen LogP contribution in [0.4, 0.5) is 4.39 Å². The molecule has 2 aromatic carbocycles. The van der Waals surface area contributed by atoms with Crippen molar-refractivity contribution >= 4 is 5.91 Å². The van der Waals surface area contributed by atoms with Gasteiger partial charge in [0, 0.05) is 13.0 Å². The molecule has 1 unspecified atom stereocenters. The van der Waals surface area contributed by atoms with E-state index in [1.54, 1.807) is 0 Å². The summed E-state index contributed by atoms with van der Waals surface area (Å²) in [7, 11) is 0. The third-order valence-electron chi connectivity index (χ3n) is 3.63. The number of aromatic nitrogens is 3. The quantitative estimate of drug-likeness (QED) is 0.716.